The first kappa shape index (κ1) is 9.09. The van der Waals surface area contributed by atoms with Crippen LogP contribution in [0, 0.1) is 0 Å². The maximum atomic E-state index is 10.7. The summed E-state index contributed by atoms with van der Waals surface area (Å²) in [5.41, 5.74) is 1.42. The highest BCUT2D eigenvalue weighted by molar-refractivity contribution is 6.30. The van der Waals surface area contributed by atoms with Crippen LogP contribution >= 0.6 is 11.6 Å². The van der Waals surface area contributed by atoms with E-state index in [2.05, 4.69) is 9.68 Å². The minimum atomic E-state index is -0.359. The minimum Gasteiger partial charge on any atom is -0.339 e. The number of halogens is 1. The second kappa shape index (κ2) is 3.72. The highest BCUT2D eigenvalue weighted by Gasteiger charge is 2.00. The topological polar surface area (TPSA) is 46.0 Å². The number of H-pyrrole nitrogens is 1. The highest BCUT2D eigenvalue weighted by atomic mass is 35.5. The van der Waals surface area contributed by atoms with Gasteiger partial charge in [-0.25, -0.2) is 9.95 Å². The van der Waals surface area contributed by atoms with Crippen LogP contribution in [0.3, 0.4) is 0 Å². The Morgan fingerprint density at radius 1 is 1.36 bits per heavy atom. The van der Waals surface area contributed by atoms with Crippen LogP contribution in [-0.4, -0.2) is 5.16 Å². The van der Waals surface area contributed by atoms with Gasteiger partial charge in [0.1, 0.15) is 0 Å². The molecule has 1 aromatic carbocycles. The molecule has 0 saturated carbocycles. The molecule has 2 aromatic rings. The van der Waals surface area contributed by atoms with E-state index in [9.17, 15) is 4.79 Å². The number of hydrogen-bond acceptors (Lipinski definition) is 2. The van der Waals surface area contributed by atoms with E-state index in [1.54, 1.807) is 0 Å². The molecular weight excluding hydrogens is 202 g/mol. The Bertz CT molecular complexity index is 487. The number of aromatic amines is 1. The summed E-state index contributed by atoms with van der Waals surface area (Å²) in [5.74, 6) is 0. The molecule has 0 saturated heterocycles. The molecule has 0 amide bonds. The van der Waals surface area contributed by atoms with Gasteiger partial charge in [-0.1, -0.05) is 23.7 Å². The van der Waals surface area contributed by atoms with Crippen molar-refractivity contribution in [2.45, 2.75) is 6.42 Å². The van der Waals surface area contributed by atoms with E-state index in [4.69, 9.17) is 11.6 Å². The van der Waals surface area contributed by atoms with Crippen molar-refractivity contribution in [3.05, 3.63) is 57.0 Å². The van der Waals surface area contributed by atoms with Gasteiger partial charge in [0, 0.05) is 17.5 Å². The summed E-state index contributed by atoms with van der Waals surface area (Å²) in [6.45, 7) is 0. The number of aromatic nitrogens is 1. The zero-order chi connectivity index (χ0) is 9.97. The summed E-state index contributed by atoms with van der Waals surface area (Å²) in [6, 6.07) is 8.91. The summed E-state index contributed by atoms with van der Waals surface area (Å²) in [6.07, 6.45) is 0.617. The summed E-state index contributed by atoms with van der Waals surface area (Å²) < 4.78 is 4.55. The third-order valence-electron chi connectivity index (χ3n) is 1.86. The lowest BCUT2D eigenvalue weighted by atomic mass is 10.1. The predicted molar refractivity (Wildman–Crippen MR) is 53.6 cm³/mol. The summed E-state index contributed by atoms with van der Waals surface area (Å²) in [4.78, 5) is 10.7. The molecular formula is C10H8ClNO2. The fourth-order valence-electron chi connectivity index (χ4n) is 1.27. The molecule has 0 atom stereocenters. The SMILES string of the molecule is O=c1cc(Cc2cccc(Cl)c2)[nH]o1. The fourth-order valence-corrected chi connectivity index (χ4v) is 1.48. The number of rotatable bonds is 2. The molecule has 1 heterocycles. The van der Waals surface area contributed by atoms with Crippen molar-refractivity contribution in [3.63, 3.8) is 0 Å². The second-order valence-electron chi connectivity index (χ2n) is 3.00. The van der Waals surface area contributed by atoms with Gasteiger partial charge in [0.2, 0.25) is 0 Å². The first-order valence-corrected chi connectivity index (χ1v) is 4.54. The van der Waals surface area contributed by atoms with Crippen molar-refractivity contribution in [2.24, 2.45) is 0 Å². The smallest absolute Gasteiger partial charge is 0.339 e. The maximum Gasteiger partial charge on any atom is 0.357 e. The zero-order valence-corrected chi connectivity index (χ0v) is 8.04. The van der Waals surface area contributed by atoms with Gasteiger partial charge in [0.15, 0.2) is 0 Å². The molecule has 72 valence electrons. The van der Waals surface area contributed by atoms with Crippen molar-refractivity contribution in [1.29, 1.82) is 0 Å². The molecule has 4 heteroatoms. The zero-order valence-electron chi connectivity index (χ0n) is 7.29. The molecule has 14 heavy (non-hydrogen) atoms. The number of hydrogen-bond donors (Lipinski definition) is 1. The van der Waals surface area contributed by atoms with Gasteiger partial charge in [0.05, 0.1) is 5.69 Å². The van der Waals surface area contributed by atoms with Gasteiger partial charge in [0.25, 0.3) is 0 Å². The van der Waals surface area contributed by atoms with Crippen LogP contribution in [0.1, 0.15) is 11.3 Å². The van der Waals surface area contributed by atoms with Crippen molar-refractivity contribution in [2.75, 3.05) is 0 Å². The van der Waals surface area contributed by atoms with Crippen LogP contribution < -0.4 is 5.63 Å². The van der Waals surface area contributed by atoms with Gasteiger partial charge < -0.3 is 4.52 Å². The van der Waals surface area contributed by atoms with E-state index in [0.717, 1.165) is 11.3 Å². The molecule has 0 spiro atoms. The van der Waals surface area contributed by atoms with E-state index in [1.165, 1.54) is 6.07 Å². The molecule has 1 aromatic heterocycles. The monoisotopic (exact) mass is 209 g/mol. The first-order chi connectivity index (χ1) is 6.74. The quantitative estimate of drug-likeness (QED) is 0.824. The Balaban J connectivity index is 2.22. The van der Waals surface area contributed by atoms with Crippen LogP contribution in [0.5, 0.6) is 0 Å². The van der Waals surface area contributed by atoms with Crippen molar-refractivity contribution in [3.8, 4) is 0 Å². The Morgan fingerprint density at radius 2 is 2.21 bits per heavy atom. The van der Waals surface area contributed by atoms with Gasteiger partial charge in [-0.3, -0.25) is 0 Å². The van der Waals surface area contributed by atoms with Crippen LogP contribution in [0.15, 0.2) is 39.6 Å². The highest BCUT2D eigenvalue weighted by Crippen LogP contribution is 2.12. The molecule has 0 aliphatic carbocycles. The van der Waals surface area contributed by atoms with Crippen molar-refractivity contribution < 1.29 is 4.52 Å². The number of benzene rings is 1. The van der Waals surface area contributed by atoms with E-state index in [0.29, 0.717) is 11.4 Å². The molecule has 0 aliphatic rings. The lowest BCUT2D eigenvalue weighted by Crippen LogP contribution is -1.89. The maximum absolute atomic E-state index is 10.7. The summed E-state index contributed by atoms with van der Waals surface area (Å²) in [5, 5.41) is 3.23. The van der Waals surface area contributed by atoms with Crippen LogP contribution in [0.25, 0.3) is 0 Å². The normalized spacial score (nSPS) is 10.4. The summed E-state index contributed by atoms with van der Waals surface area (Å²) in [7, 11) is 0. The van der Waals surface area contributed by atoms with Gasteiger partial charge >= 0.3 is 5.63 Å². The van der Waals surface area contributed by atoms with Gasteiger partial charge in [-0.05, 0) is 17.7 Å². The van der Waals surface area contributed by atoms with E-state index in [-0.39, 0.29) is 5.63 Å². The molecule has 0 fully saturated rings. The lowest BCUT2D eigenvalue weighted by Gasteiger charge is -1.97. The first-order valence-electron chi connectivity index (χ1n) is 4.16. The Labute approximate surface area is 85.3 Å². The van der Waals surface area contributed by atoms with Gasteiger partial charge in [-0.2, -0.15) is 0 Å². The fraction of sp³-hybridized carbons (Fsp3) is 0.100. The minimum absolute atomic E-state index is 0.359. The Hall–Kier alpha value is -1.48. The van der Waals surface area contributed by atoms with Crippen LogP contribution in [-0.2, 0) is 6.42 Å². The Kier molecular flexibility index (Phi) is 2.41. The molecule has 1 N–H and O–H groups in total. The molecule has 0 unspecified atom stereocenters. The second-order valence-corrected chi connectivity index (χ2v) is 3.44. The Morgan fingerprint density at radius 3 is 2.86 bits per heavy atom. The molecule has 0 bridgehead atoms. The lowest BCUT2D eigenvalue weighted by molar-refractivity contribution is 0.386. The predicted octanol–water partition coefficient (Wildman–Crippen LogP) is 2.21. The van der Waals surface area contributed by atoms with Crippen molar-refractivity contribution in [1.82, 2.24) is 5.16 Å². The van der Waals surface area contributed by atoms with E-state index < -0.39 is 0 Å². The third kappa shape index (κ3) is 2.06. The average Bonchev–Trinajstić information content (AvgIpc) is 2.51. The van der Waals surface area contributed by atoms with Gasteiger partial charge in [-0.15, -0.1) is 0 Å². The van der Waals surface area contributed by atoms with Crippen molar-refractivity contribution >= 4 is 11.6 Å². The molecule has 0 radical (unpaired) electrons. The number of nitrogens with one attached hydrogen (secondary N) is 1. The summed E-state index contributed by atoms with van der Waals surface area (Å²) >= 11 is 5.82. The standard InChI is InChI=1S/C10H8ClNO2/c11-8-3-1-2-7(4-8)5-9-6-10(13)14-12-9/h1-4,6,12H,5H2. The third-order valence-corrected chi connectivity index (χ3v) is 2.09. The average molecular weight is 210 g/mol. The molecule has 2 rings (SSSR count). The molecule has 3 nitrogen and oxygen atoms in total. The largest absolute Gasteiger partial charge is 0.357 e. The molecule has 0 aliphatic heterocycles. The van der Waals surface area contributed by atoms with E-state index in [1.807, 2.05) is 24.3 Å². The van der Waals surface area contributed by atoms with E-state index >= 15 is 0 Å². The van der Waals surface area contributed by atoms with Crippen LogP contribution in [0.2, 0.25) is 5.02 Å². The van der Waals surface area contributed by atoms with Crippen LogP contribution in [0.4, 0.5) is 0 Å².